The number of nitrogens with zero attached hydrogens (tertiary/aromatic N) is 2. The Kier molecular flexibility index (Phi) is 4.83. The Morgan fingerprint density at radius 2 is 1.84 bits per heavy atom. The summed E-state index contributed by atoms with van der Waals surface area (Å²) in [7, 11) is 0. The van der Waals surface area contributed by atoms with Crippen LogP contribution in [0.15, 0.2) is 60.8 Å². The zero-order valence-corrected chi connectivity index (χ0v) is 18.0. The molecular weight excluding hydrogens is 382 g/mol. The summed E-state index contributed by atoms with van der Waals surface area (Å²) in [5.74, 6) is 1.56. The van der Waals surface area contributed by atoms with Gasteiger partial charge in [0.2, 0.25) is 5.91 Å². The SMILES string of the molecule is O=C1CCC[C@H]2[C@@H]3C[C@@H](CN(Cc4cccc5cc[nH]c45)C3)[C@H](Cc3ccccc3)N12. The van der Waals surface area contributed by atoms with Crippen molar-refractivity contribution in [3.8, 4) is 0 Å². The molecule has 31 heavy (non-hydrogen) atoms. The van der Waals surface area contributed by atoms with Crippen LogP contribution < -0.4 is 0 Å². The molecule has 6 rings (SSSR count). The number of likely N-dealkylation sites (tertiary alicyclic amines) is 1. The second-order valence-electron chi connectivity index (χ2n) is 9.83. The van der Waals surface area contributed by atoms with E-state index in [9.17, 15) is 4.79 Å². The second kappa shape index (κ2) is 7.83. The van der Waals surface area contributed by atoms with Gasteiger partial charge in [-0.1, -0.05) is 48.5 Å². The second-order valence-corrected chi connectivity index (χ2v) is 9.83. The predicted molar refractivity (Wildman–Crippen MR) is 124 cm³/mol. The number of hydrogen-bond acceptors (Lipinski definition) is 2. The number of rotatable bonds is 4. The van der Waals surface area contributed by atoms with E-state index in [1.807, 2.05) is 6.20 Å². The molecule has 160 valence electrons. The van der Waals surface area contributed by atoms with Gasteiger partial charge in [0.05, 0.1) is 0 Å². The third-order valence-corrected chi connectivity index (χ3v) is 7.93. The number of piperidine rings is 3. The predicted octanol–water partition coefficient (Wildman–Crippen LogP) is 4.61. The first-order valence-electron chi connectivity index (χ1n) is 11.9. The van der Waals surface area contributed by atoms with Crippen LogP contribution in [0.1, 0.15) is 36.8 Å². The summed E-state index contributed by atoms with van der Waals surface area (Å²) in [6.45, 7) is 3.19. The Balaban J connectivity index is 1.29. The minimum absolute atomic E-state index is 0.334. The van der Waals surface area contributed by atoms with Crippen molar-refractivity contribution in [3.05, 3.63) is 71.9 Å². The van der Waals surface area contributed by atoms with Crippen LogP contribution in [0.3, 0.4) is 0 Å². The van der Waals surface area contributed by atoms with Crippen LogP contribution in [-0.4, -0.2) is 45.9 Å². The summed E-state index contributed by atoms with van der Waals surface area (Å²) < 4.78 is 0. The van der Waals surface area contributed by atoms with Gasteiger partial charge in [0, 0.05) is 49.9 Å². The molecular formula is C27H31N3O. The van der Waals surface area contributed by atoms with Crippen LogP contribution in [0.5, 0.6) is 0 Å². The number of carbonyl (C=O) groups excluding carboxylic acids is 1. The number of para-hydroxylation sites is 1. The standard InChI is InChI=1S/C27H31N3O/c31-26-11-5-10-24-22-15-23(25(30(24)26)14-19-6-2-1-3-7-19)18-29(17-22)16-21-9-4-8-20-12-13-28-27(20)21/h1-4,6-9,12-13,22-25,28H,5,10-11,14-18H2/t22-,23+,24+,25+/m1/s1. The molecule has 1 N–H and O–H groups in total. The summed E-state index contributed by atoms with van der Waals surface area (Å²) in [4.78, 5) is 21.5. The van der Waals surface area contributed by atoms with Crippen molar-refractivity contribution < 1.29 is 4.79 Å². The molecule has 0 unspecified atom stereocenters. The van der Waals surface area contributed by atoms with Crippen molar-refractivity contribution in [3.63, 3.8) is 0 Å². The lowest BCUT2D eigenvalue weighted by Crippen LogP contribution is -2.65. The molecule has 3 fully saturated rings. The lowest BCUT2D eigenvalue weighted by Gasteiger charge is -2.57. The maximum atomic E-state index is 13.1. The van der Waals surface area contributed by atoms with E-state index in [1.165, 1.54) is 34.9 Å². The van der Waals surface area contributed by atoms with Crippen LogP contribution >= 0.6 is 0 Å². The highest BCUT2D eigenvalue weighted by Gasteiger charge is 2.49. The summed E-state index contributed by atoms with van der Waals surface area (Å²) in [5.41, 5.74) is 4.02. The first-order valence-corrected chi connectivity index (χ1v) is 11.9. The van der Waals surface area contributed by atoms with Gasteiger partial charge in [0.1, 0.15) is 0 Å². The van der Waals surface area contributed by atoms with Crippen molar-refractivity contribution in [2.75, 3.05) is 13.1 Å². The molecule has 4 heterocycles. The molecule has 4 nitrogen and oxygen atoms in total. The van der Waals surface area contributed by atoms with Crippen LogP contribution in [0.4, 0.5) is 0 Å². The molecule has 1 aromatic heterocycles. The Morgan fingerprint density at radius 1 is 0.968 bits per heavy atom. The van der Waals surface area contributed by atoms with Gasteiger partial charge in [-0.15, -0.1) is 0 Å². The number of H-pyrrole nitrogens is 1. The number of fused-ring (bicyclic) bond motifs is 5. The van der Waals surface area contributed by atoms with Gasteiger partial charge in [0.15, 0.2) is 0 Å². The van der Waals surface area contributed by atoms with Gasteiger partial charge in [-0.2, -0.15) is 0 Å². The average Bonchev–Trinajstić information content (AvgIpc) is 3.28. The van der Waals surface area contributed by atoms with Crippen LogP contribution in [0, 0.1) is 11.8 Å². The molecule has 1 amide bonds. The fourth-order valence-corrected chi connectivity index (χ4v) is 6.64. The molecule has 3 aliphatic rings. The third-order valence-electron chi connectivity index (χ3n) is 7.93. The Morgan fingerprint density at radius 3 is 2.74 bits per heavy atom. The number of carbonyl (C=O) groups is 1. The lowest BCUT2D eigenvalue weighted by atomic mass is 9.70. The van der Waals surface area contributed by atoms with E-state index in [-0.39, 0.29) is 0 Å². The van der Waals surface area contributed by atoms with E-state index in [0.717, 1.165) is 38.9 Å². The molecule has 0 radical (unpaired) electrons. The third kappa shape index (κ3) is 3.47. The van der Waals surface area contributed by atoms with Crippen molar-refractivity contribution >= 4 is 16.8 Å². The van der Waals surface area contributed by atoms with Crippen molar-refractivity contribution in [2.24, 2.45) is 11.8 Å². The van der Waals surface area contributed by atoms with E-state index in [0.29, 0.717) is 29.8 Å². The van der Waals surface area contributed by atoms with E-state index >= 15 is 0 Å². The Bertz CT molecular complexity index is 1070. The smallest absolute Gasteiger partial charge is 0.223 e. The minimum Gasteiger partial charge on any atom is -0.361 e. The van der Waals surface area contributed by atoms with Crippen molar-refractivity contribution in [1.29, 1.82) is 0 Å². The fourth-order valence-electron chi connectivity index (χ4n) is 6.64. The van der Waals surface area contributed by atoms with Gasteiger partial charge >= 0.3 is 0 Å². The van der Waals surface area contributed by atoms with Gasteiger partial charge in [-0.25, -0.2) is 0 Å². The maximum absolute atomic E-state index is 13.1. The molecule has 2 bridgehead atoms. The highest BCUT2D eigenvalue weighted by molar-refractivity contribution is 5.82. The van der Waals surface area contributed by atoms with Crippen molar-refractivity contribution in [2.45, 2.75) is 50.7 Å². The molecule has 4 heteroatoms. The molecule has 3 saturated heterocycles. The van der Waals surface area contributed by atoms with Gasteiger partial charge < -0.3 is 9.88 Å². The summed E-state index contributed by atoms with van der Waals surface area (Å²) >= 11 is 0. The number of aromatic nitrogens is 1. The summed E-state index contributed by atoms with van der Waals surface area (Å²) in [6, 6.07) is 20.3. The van der Waals surface area contributed by atoms with Crippen molar-refractivity contribution in [1.82, 2.24) is 14.8 Å². The molecule has 2 aromatic carbocycles. The Labute approximate surface area is 184 Å². The number of hydrogen-bond donors (Lipinski definition) is 1. The molecule has 3 aliphatic heterocycles. The summed E-state index contributed by atoms with van der Waals surface area (Å²) in [5, 5.41) is 1.29. The van der Waals surface area contributed by atoms with E-state index in [1.54, 1.807) is 0 Å². The highest BCUT2D eigenvalue weighted by atomic mass is 16.2. The molecule has 0 saturated carbocycles. The topological polar surface area (TPSA) is 39.3 Å². The molecule has 3 aromatic rings. The molecule has 0 spiro atoms. The number of benzene rings is 2. The zero-order chi connectivity index (χ0) is 20.8. The van der Waals surface area contributed by atoms with Gasteiger partial charge in [-0.3, -0.25) is 9.69 Å². The average molecular weight is 414 g/mol. The van der Waals surface area contributed by atoms with Crippen LogP contribution in [-0.2, 0) is 17.8 Å². The van der Waals surface area contributed by atoms with Gasteiger partial charge in [-0.05, 0) is 60.1 Å². The van der Waals surface area contributed by atoms with Crippen LogP contribution in [0.2, 0.25) is 0 Å². The van der Waals surface area contributed by atoms with E-state index < -0.39 is 0 Å². The number of nitrogens with one attached hydrogen (secondary N) is 1. The normalized spacial score (nSPS) is 28.6. The van der Waals surface area contributed by atoms with Gasteiger partial charge in [0.25, 0.3) is 0 Å². The van der Waals surface area contributed by atoms with Crippen LogP contribution in [0.25, 0.3) is 10.9 Å². The number of amides is 1. The zero-order valence-electron chi connectivity index (χ0n) is 18.0. The first-order chi connectivity index (χ1) is 15.3. The molecule has 0 aliphatic carbocycles. The first kappa shape index (κ1) is 19.1. The number of aromatic amines is 1. The molecule has 4 atom stereocenters. The maximum Gasteiger partial charge on any atom is 0.223 e. The lowest BCUT2D eigenvalue weighted by molar-refractivity contribution is -0.152. The quantitative estimate of drug-likeness (QED) is 0.678. The monoisotopic (exact) mass is 413 g/mol. The fraction of sp³-hybridized carbons (Fsp3) is 0.444. The largest absolute Gasteiger partial charge is 0.361 e. The Hall–Kier alpha value is -2.59. The van der Waals surface area contributed by atoms with E-state index in [4.69, 9.17) is 0 Å². The summed E-state index contributed by atoms with van der Waals surface area (Å²) in [6.07, 6.45) is 7.27. The minimum atomic E-state index is 0.334. The highest BCUT2D eigenvalue weighted by Crippen LogP contribution is 2.43. The van der Waals surface area contributed by atoms with E-state index in [2.05, 4.69) is 69.4 Å².